The van der Waals surface area contributed by atoms with Gasteiger partial charge in [0.25, 0.3) is 0 Å². The van der Waals surface area contributed by atoms with Crippen LogP contribution >= 0.6 is 0 Å². The fourth-order valence-electron chi connectivity index (χ4n) is 1.46. The Morgan fingerprint density at radius 2 is 1.90 bits per heavy atom. The van der Waals surface area contributed by atoms with Crippen LogP contribution in [0.5, 0.6) is 5.75 Å². The molecule has 0 fully saturated rings. The van der Waals surface area contributed by atoms with Crippen molar-refractivity contribution in [3.8, 4) is 5.75 Å². The number of sulfonamides is 1. The van der Waals surface area contributed by atoms with E-state index in [1.54, 1.807) is 0 Å². The molecule has 1 heterocycles. The Balaban J connectivity index is 2.06. The highest BCUT2D eigenvalue weighted by Crippen LogP contribution is 2.23. The van der Waals surface area contributed by atoms with Gasteiger partial charge >= 0.3 is 6.36 Å². The molecular weight excluding hydrogens is 311 g/mol. The van der Waals surface area contributed by atoms with Crippen molar-refractivity contribution in [1.29, 1.82) is 0 Å². The van der Waals surface area contributed by atoms with Gasteiger partial charge in [0.15, 0.2) is 0 Å². The summed E-state index contributed by atoms with van der Waals surface area (Å²) in [5, 5.41) is 0. The standard InChI is InChI=1S/C11H10F3N3O3S/c12-11(13,14)20-9-1-3-10(4-2-9)21(18,19)17-6-8-5-15-7-16-8/h1-5,7,17H,6H2,(H,15,16). The number of benzene rings is 1. The van der Waals surface area contributed by atoms with Gasteiger partial charge < -0.3 is 9.72 Å². The fraction of sp³-hybridized carbons (Fsp3) is 0.182. The Morgan fingerprint density at radius 1 is 1.24 bits per heavy atom. The minimum absolute atomic E-state index is 0.0108. The van der Waals surface area contributed by atoms with Crippen molar-refractivity contribution in [1.82, 2.24) is 14.7 Å². The molecular formula is C11H10F3N3O3S. The summed E-state index contributed by atoms with van der Waals surface area (Å²) < 4.78 is 65.7. The zero-order valence-corrected chi connectivity index (χ0v) is 11.2. The van der Waals surface area contributed by atoms with Crippen LogP contribution in [-0.4, -0.2) is 24.7 Å². The van der Waals surface area contributed by atoms with Gasteiger partial charge in [0.2, 0.25) is 10.0 Å². The van der Waals surface area contributed by atoms with Crippen molar-refractivity contribution in [2.24, 2.45) is 0 Å². The largest absolute Gasteiger partial charge is 0.573 e. The lowest BCUT2D eigenvalue weighted by Gasteiger charge is -2.10. The average molecular weight is 321 g/mol. The van der Waals surface area contributed by atoms with Crippen LogP contribution in [0.25, 0.3) is 0 Å². The third-order valence-electron chi connectivity index (χ3n) is 2.38. The van der Waals surface area contributed by atoms with Crippen LogP contribution in [-0.2, 0) is 16.6 Å². The molecule has 6 nitrogen and oxygen atoms in total. The number of aromatic nitrogens is 2. The molecule has 114 valence electrons. The quantitative estimate of drug-likeness (QED) is 0.879. The summed E-state index contributed by atoms with van der Waals surface area (Å²) in [6.45, 7) is -0.0108. The van der Waals surface area contributed by atoms with E-state index in [9.17, 15) is 21.6 Å². The molecule has 21 heavy (non-hydrogen) atoms. The molecule has 1 aromatic carbocycles. The van der Waals surface area contributed by atoms with E-state index in [-0.39, 0.29) is 11.4 Å². The highest BCUT2D eigenvalue weighted by molar-refractivity contribution is 7.89. The molecule has 1 aromatic heterocycles. The number of ether oxygens (including phenoxy) is 1. The number of nitrogens with one attached hydrogen (secondary N) is 2. The summed E-state index contributed by atoms with van der Waals surface area (Å²) >= 11 is 0. The molecule has 0 saturated carbocycles. The Labute approximate surface area is 118 Å². The van der Waals surface area contributed by atoms with Crippen LogP contribution in [0.15, 0.2) is 41.7 Å². The number of hydrogen-bond acceptors (Lipinski definition) is 4. The number of imidazole rings is 1. The molecule has 0 aliphatic heterocycles. The lowest BCUT2D eigenvalue weighted by atomic mass is 10.3. The van der Waals surface area contributed by atoms with Gasteiger partial charge in [-0.2, -0.15) is 0 Å². The van der Waals surface area contributed by atoms with Crippen molar-refractivity contribution in [3.05, 3.63) is 42.5 Å². The molecule has 0 unspecified atom stereocenters. The predicted octanol–water partition coefficient (Wildman–Crippen LogP) is 1.79. The van der Waals surface area contributed by atoms with Gasteiger partial charge in [-0.25, -0.2) is 18.1 Å². The van der Waals surface area contributed by atoms with E-state index in [1.807, 2.05) is 0 Å². The van der Waals surface area contributed by atoms with Crippen LogP contribution in [0.4, 0.5) is 13.2 Å². The lowest BCUT2D eigenvalue weighted by Crippen LogP contribution is -2.23. The number of rotatable bonds is 5. The molecule has 0 aliphatic carbocycles. The maximum Gasteiger partial charge on any atom is 0.573 e. The minimum atomic E-state index is -4.82. The number of hydrogen-bond donors (Lipinski definition) is 2. The molecule has 0 saturated heterocycles. The Bertz CT molecular complexity index is 682. The monoisotopic (exact) mass is 321 g/mol. The van der Waals surface area contributed by atoms with E-state index in [1.165, 1.54) is 12.5 Å². The van der Waals surface area contributed by atoms with Gasteiger partial charge in [0.1, 0.15) is 5.75 Å². The number of aromatic amines is 1. The molecule has 0 bridgehead atoms. The van der Waals surface area contributed by atoms with Crippen molar-refractivity contribution >= 4 is 10.0 Å². The van der Waals surface area contributed by atoms with Crippen LogP contribution in [0.1, 0.15) is 5.69 Å². The second-order valence-corrected chi connectivity index (χ2v) is 5.69. The Kier molecular flexibility index (Phi) is 4.19. The minimum Gasteiger partial charge on any atom is -0.406 e. The summed E-state index contributed by atoms with van der Waals surface area (Å²) in [6, 6.07) is 3.91. The third kappa shape index (κ3) is 4.46. The molecule has 2 rings (SSSR count). The first-order valence-electron chi connectivity index (χ1n) is 5.59. The second kappa shape index (κ2) is 5.74. The Hall–Kier alpha value is -2.07. The molecule has 2 N–H and O–H groups in total. The molecule has 0 aliphatic rings. The van der Waals surface area contributed by atoms with E-state index in [2.05, 4.69) is 19.4 Å². The highest BCUT2D eigenvalue weighted by atomic mass is 32.2. The fourth-order valence-corrected chi connectivity index (χ4v) is 2.46. The topological polar surface area (TPSA) is 84.1 Å². The smallest absolute Gasteiger partial charge is 0.406 e. The number of H-pyrrole nitrogens is 1. The molecule has 2 aromatic rings. The van der Waals surface area contributed by atoms with Crippen LogP contribution < -0.4 is 9.46 Å². The van der Waals surface area contributed by atoms with Gasteiger partial charge in [-0.15, -0.1) is 13.2 Å². The second-order valence-electron chi connectivity index (χ2n) is 3.92. The van der Waals surface area contributed by atoms with E-state index in [0.717, 1.165) is 24.3 Å². The summed E-state index contributed by atoms with van der Waals surface area (Å²) in [5.74, 6) is -0.491. The van der Waals surface area contributed by atoms with E-state index in [0.29, 0.717) is 5.69 Å². The Morgan fingerprint density at radius 3 is 2.43 bits per heavy atom. The third-order valence-corrected chi connectivity index (χ3v) is 3.79. The first kappa shape index (κ1) is 15.3. The van der Waals surface area contributed by atoms with Gasteiger partial charge in [-0.1, -0.05) is 0 Å². The maximum atomic E-state index is 12.0. The summed E-state index contributed by atoms with van der Waals surface area (Å²) in [6.07, 6.45) is -1.98. The van der Waals surface area contributed by atoms with Crippen LogP contribution in [0, 0.1) is 0 Å². The number of alkyl halides is 3. The highest BCUT2D eigenvalue weighted by Gasteiger charge is 2.31. The first-order chi connectivity index (χ1) is 9.76. The van der Waals surface area contributed by atoms with Crippen molar-refractivity contribution in [2.75, 3.05) is 0 Å². The van der Waals surface area contributed by atoms with E-state index in [4.69, 9.17) is 0 Å². The average Bonchev–Trinajstić information content (AvgIpc) is 2.88. The molecule has 10 heteroatoms. The number of nitrogens with zero attached hydrogens (tertiary/aromatic N) is 1. The molecule has 0 radical (unpaired) electrons. The van der Waals surface area contributed by atoms with E-state index < -0.39 is 22.1 Å². The lowest BCUT2D eigenvalue weighted by molar-refractivity contribution is -0.274. The van der Waals surface area contributed by atoms with Crippen molar-refractivity contribution in [2.45, 2.75) is 17.8 Å². The summed E-state index contributed by atoms with van der Waals surface area (Å²) in [5.41, 5.74) is 0.551. The maximum absolute atomic E-state index is 12.0. The molecule has 0 spiro atoms. The van der Waals surface area contributed by atoms with Crippen LogP contribution in [0.2, 0.25) is 0 Å². The van der Waals surface area contributed by atoms with Gasteiger partial charge in [0.05, 0.1) is 17.8 Å². The zero-order valence-electron chi connectivity index (χ0n) is 10.4. The van der Waals surface area contributed by atoms with Gasteiger partial charge in [-0.3, -0.25) is 0 Å². The van der Waals surface area contributed by atoms with Gasteiger partial charge in [-0.05, 0) is 24.3 Å². The molecule has 0 amide bonds. The normalized spacial score (nSPS) is 12.3. The van der Waals surface area contributed by atoms with Gasteiger partial charge in [0, 0.05) is 11.9 Å². The number of halogens is 3. The SMILES string of the molecule is O=S(=O)(NCc1cnc[nH]1)c1ccc(OC(F)(F)F)cc1. The zero-order chi connectivity index (χ0) is 15.5. The predicted molar refractivity (Wildman–Crippen MR) is 65.7 cm³/mol. The first-order valence-corrected chi connectivity index (χ1v) is 7.07. The van der Waals surface area contributed by atoms with Crippen molar-refractivity contribution < 1.29 is 26.3 Å². The van der Waals surface area contributed by atoms with Crippen LogP contribution in [0.3, 0.4) is 0 Å². The van der Waals surface area contributed by atoms with Crippen molar-refractivity contribution in [3.63, 3.8) is 0 Å². The summed E-state index contributed by atoms with van der Waals surface area (Å²) in [7, 11) is -3.83. The molecule has 0 atom stereocenters. The summed E-state index contributed by atoms with van der Waals surface area (Å²) in [4.78, 5) is 6.27. The van der Waals surface area contributed by atoms with E-state index >= 15 is 0 Å².